The van der Waals surface area contributed by atoms with Crippen LogP contribution >= 0.6 is 11.8 Å². The molecule has 0 spiro atoms. The Balaban J connectivity index is 1.63. The van der Waals surface area contributed by atoms with Crippen molar-refractivity contribution in [3.8, 4) is 5.75 Å². The number of fused-ring (bicyclic) bond motifs is 1. The van der Waals surface area contributed by atoms with Gasteiger partial charge in [0.2, 0.25) is 0 Å². The summed E-state index contributed by atoms with van der Waals surface area (Å²) in [5.41, 5.74) is 2.78. The molecule has 1 aliphatic rings. The van der Waals surface area contributed by atoms with Crippen LogP contribution in [0.5, 0.6) is 5.75 Å². The molecular weight excluding hydrogens is 286 g/mol. The quantitative estimate of drug-likeness (QED) is 0.860. The second-order valence-corrected chi connectivity index (χ2v) is 5.88. The number of benzene rings is 1. The van der Waals surface area contributed by atoms with Crippen LogP contribution in [0.15, 0.2) is 41.6 Å². The molecule has 1 N–H and O–H groups in total. The summed E-state index contributed by atoms with van der Waals surface area (Å²) in [6, 6.07) is 9.50. The summed E-state index contributed by atoms with van der Waals surface area (Å²) in [6.45, 7) is 0.767. The van der Waals surface area contributed by atoms with E-state index in [0.29, 0.717) is 5.03 Å². The van der Waals surface area contributed by atoms with Crippen molar-refractivity contribution < 1.29 is 14.6 Å². The summed E-state index contributed by atoms with van der Waals surface area (Å²) >= 11 is 1.48. The summed E-state index contributed by atoms with van der Waals surface area (Å²) in [5, 5.41) is 9.70. The molecule has 0 fully saturated rings. The van der Waals surface area contributed by atoms with Gasteiger partial charge in [0.15, 0.2) is 0 Å². The van der Waals surface area contributed by atoms with Gasteiger partial charge in [0.05, 0.1) is 12.2 Å². The van der Waals surface area contributed by atoms with Crippen LogP contribution in [0.25, 0.3) is 0 Å². The number of carbonyl (C=O) groups is 1. The molecule has 3 rings (SSSR count). The van der Waals surface area contributed by atoms with E-state index in [4.69, 9.17) is 9.84 Å². The minimum Gasteiger partial charge on any atom is -0.493 e. The first-order valence-electron chi connectivity index (χ1n) is 6.80. The maximum atomic E-state index is 11.1. The minimum atomic E-state index is -0.930. The number of nitrogens with zero attached hydrogens (tertiary/aromatic N) is 1. The molecule has 0 saturated carbocycles. The SMILES string of the molecule is O=C(O)c1cccnc1SCCc1ccc2c(c1)CCO2. The predicted molar refractivity (Wildman–Crippen MR) is 81.3 cm³/mol. The van der Waals surface area contributed by atoms with Gasteiger partial charge in [-0.15, -0.1) is 11.8 Å². The second kappa shape index (κ2) is 6.18. The van der Waals surface area contributed by atoms with Gasteiger partial charge in [0.25, 0.3) is 0 Å². The first-order valence-corrected chi connectivity index (χ1v) is 7.78. The number of aromatic carboxylic acids is 1. The van der Waals surface area contributed by atoms with E-state index in [-0.39, 0.29) is 5.56 Å². The molecule has 2 heterocycles. The Morgan fingerprint density at radius 3 is 3.14 bits per heavy atom. The Labute approximate surface area is 127 Å². The van der Waals surface area contributed by atoms with Crippen LogP contribution < -0.4 is 4.74 Å². The van der Waals surface area contributed by atoms with E-state index in [0.717, 1.165) is 31.0 Å². The van der Waals surface area contributed by atoms with Crippen LogP contribution in [-0.4, -0.2) is 28.4 Å². The maximum absolute atomic E-state index is 11.1. The molecule has 1 aromatic heterocycles. The van der Waals surface area contributed by atoms with Crippen molar-refractivity contribution in [3.63, 3.8) is 0 Å². The van der Waals surface area contributed by atoms with Crippen molar-refractivity contribution in [2.75, 3.05) is 12.4 Å². The van der Waals surface area contributed by atoms with Crippen molar-refractivity contribution in [3.05, 3.63) is 53.2 Å². The standard InChI is InChI=1S/C16H15NO3S/c18-16(19)13-2-1-7-17-15(13)21-9-6-11-3-4-14-12(10-11)5-8-20-14/h1-4,7,10H,5-6,8-9H2,(H,18,19). The topological polar surface area (TPSA) is 59.4 Å². The van der Waals surface area contributed by atoms with Gasteiger partial charge in [-0.2, -0.15) is 0 Å². The van der Waals surface area contributed by atoms with Crippen LogP contribution in [-0.2, 0) is 12.8 Å². The van der Waals surface area contributed by atoms with Crippen molar-refractivity contribution in [2.24, 2.45) is 0 Å². The Kier molecular flexibility index (Phi) is 4.10. The molecular formula is C16H15NO3S. The predicted octanol–water partition coefficient (Wildman–Crippen LogP) is 3.05. The summed E-state index contributed by atoms with van der Waals surface area (Å²) in [4.78, 5) is 15.3. The molecule has 0 bridgehead atoms. The highest BCUT2D eigenvalue weighted by molar-refractivity contribution is 7.99. The van der Waals surface area contributed by atoms with E-state index in [1.54, 1.807) is 18.3 Å². The fraction of sp³-hybridized carbons (Fsp3) is 0.250. The van der Waals surface area contributed by atoms with Crippen LogP contribution in [0.3, 0.4) is 0 Å². The van der Waals surface area contributed by atoms with Gasteiger partial charge in [-0.05, 0) is 35.7 Å². The number of aromatic nitrogens is 1. The van der Waals surface area contributed by atoms with Gasteiger partial charge >= 0.3 is 5.97 Å². The Bertz CT molecular complexity index is 672. The van der Waals surface area contributed by atoms with E-state index in [1.807, 2.05) is 6.07 Å². The minimum absolute atomic E-state index is 0.268. The molecule has 1 aliphatic heterocycles. The average molecular weight is 301 g/mol. The molecule has 0 saturated heterocycles. The highest BCUT2D eigenvalue weighted by Crippen LogP contribution is 2.27. The molecule has 0 unspecified atom stereocenters. The molecule has 2 aromatic rings. The molecule has 4 nitrogen and oxygen atoms in total. The number of carboxylic acids is 1. The number of ether oxygens (including phenoxy) is 1. The fourth-order valence-electron chi connectivity index (χ4n) is 2.33. The summed E-state index contributed by atoms with van der Waals surface area (Å²) in [5.74, 6) is 0.862. The number of thioether (sulfide) groups is 1. The number of aryl methyl sites for hydroxylation is 1. The lowest BCUT2D eigenvalue weighted by Gasteiger charge is -2.06. The molecule has 21 heavy (non-hydrogen) atoms. The van der Waals surface area contributed by atoms with Crippen molar-refractivity contribution in [1.29, 1.82) is 0 Å². The highest BCUT2D eigenvalue weighted by Gasteiger charge is 2.13. The maximum Gasteiger partial charge on any atom is 0.338 e. The van der Waals surface area contributed by atoms with Crippen LogP contribution in [0.4, 0.5) is 0 Å². The average Bonchev–Trinajstić information content (AvgIpc) is 2.95. The zero-order valence-electron chi connectivity index (χ0n) is 11.4. The third-order valence-electron chi connectivity index (χ3n) is 3.38. The zero-order chi connectivity index (χ0) is 14.7. The van der Waals surface area contributed by atoms with Crippen molar-refractivity contribution in [2.45, 2.75) is 17.9 Å². The van der Waals surface area contributed by atoms with Crippen LogP contribution in [0, 0.1) is 0 Å². The van der Waals surface area contributed by atoms with Crippen molar-refractivity contribution in [1.82, 2.24) is 4.98 Å². The number of pyridine rings is 1. The summed E-state index contributed by atoms with van der Waals surface area (Å²) in [6.07, 6.45) is 3.48. The van der Waals surface area contributed by atoms with Gasteiger partial charge in [0, 0.05) is 18.4 Å². The fourth-order valence-corrected chi connectivity index (χ4v) is 3.31. The van der Waals surface area contributed by atoms with E-state index >= 15 is 0 Å². The van der Waals surface area contributed by atoms with Crippen LogP contribution in [0.2, 0.25) is 0 Å². The molecule has 1 aromatic carbocycles. The monoisotopic (exact) mass is 301 g/mol. The molecule has 0 aliphatic carbocycles. The van der Waals surface area contributed by atoms with E-state index in [1.165, 1.54) is 22.9 Å². The third kappa shape index (κ3) is 3.19. The largest absolute Gasteiger partial charge is 0.493 e. The number of carboxylic acid groups (broad SMARTS) is 1. The molecule has 108 valence electrons. The lowest BCUT2D eigenvalue weighted by Crippen LogP contribution is -2.01. The summed E-state index contributed by atoms with van der Waals surface area (Å²) < 4.78 is 5.49. The van der Waals surface area contributed by atoms with Gasteiger partial charge in [0.1, 0.15) is 10.8 Å². The first-order chi connectivity index (χ1) is 10.2. The van der Waals surface area contributed by atoms with Crippen molar-refractivity contribution >= 4 is 17.7 Å². The Hall–Kier alpha value is -2.01. The number of rotatable bonds is 5. The summed E-state index contributed by atoms with van der Waals surface area (Å²) in [7, 11) is 0. The Morgan fingerprint density at radius 2 is 2.29 bits per heavy atom. The molecule has 0 radical (unpaired) electrons. The first kappa shape index (κ1) is 13.9. The van der Waals surface area contributed by atoms with E-state index < -0.39 is 5.97 Å². The third-order valence-corrected chi connectivity index (χ3v) is 4.39. The van der Waals surface area contributed by atoms with Gasteiger partial charge < -0.3 is 9.84 Å². The second-order valence-electron chi connectivity index (χ2n) is 4.80. The van der Waals surface area contributed by atoms with Crippen LogP contribution in [0.1, 0.15) is 21.5 Å². The van der Waals surface area contributed by atoms with E-state index in [9.17, 15) is 4.79 Å². The molecule has 5 heteroatoms. The number of hydrogen-bond donors (Lipinski definition) is 1. The molecule has 0 atom stereocenters. The van der Waals surface area contributed by atoms with Gasteiger partial charge in [-0.1, -0.05) is 12.1 Å². The molecule has 0 amide bonds. The lowest BCUT2D eigenvalue weighted by atomic mass is 10.1. The smallest absolute Gasteiger partial charge is 0.338 e. The number of hydrogen-bond acceptors (Lipinski definition) is 4. The van der Waals surface area contributed by atoms with E-state index in [2.05, 4.69) is 17.1 Å². The van der Waals surface area contributed by atoms with Gasteiger partial charge in [-0.25, -0.2) is 9.78 Å². The van der Waals surface area contributed by atoms with Gasteiger partial charge in [-0.3, -0.25) is 0 Å². The lowest BCUT2D eigenvalue weighted by molar-refractivity contribution is 0.0692. The normalized spacial score (nSPS) is 12.8. The zero-order valence-corrected chi connectivity index (χ0v) is 12.2. The Morgan fingerprint density at radius 1 is 1.38 bits per heavy atom. The highest BCUT2D eigenvalue weighted by atomic mass is 32.2.